The molecule has 1 aliphatic carbocycles. The number of hydrogen-bond donors (Lipinski definition) is 1. The molecule has 13 heavy (non-hydrogen) atoms. The third-order valence-corrected chi connectivity index (χ3v) is 3.02. The molecule has 1 aliphatic rings. The van der Waals surface area contributed by atoms with Crippen LogP contribution in [0, 0.1) is 0 Å². The summed E-state index contributed by atoms with van der Waals surface area (Å²) < 4.78 is 1.81. The van der Waals surface area contributed by atoms with Gasteiger partial charge in [-0.25, -0.2) is 0 Å². The van der Waals surface area contributed by atoms with Crippen molar-refractivity contribution in [2.45, 2.75) is 31.3 Å². The predicted molar refractivity (Wildman–Crippen MR) is 50.8 cm³/mol. The lowest BCUT2D eigenvalue weighted by atomic mass is 10.0. The highest BCUT2D eigenvalue weighted by atomic mass is 35.5. The molecule has 0 aliphatic heterocycles. The van der Waals surface area contributed by atoms with Gasteiger partial charge in [0.25, 0.3) is 0 Å². The number of aryl methyl sites for hydroxylation is 1. The molecule has 1 fully saturated rings. The fourth-order valence-electron chi connectivity index (χ4n) is 2.09. The maximum Gasteiger partial charge on any atom is 0.0820 e. The molecule has 0 spiro atoms. The van der Waals surface area contributed by atoms with E-state index < -0.39 is 0 Å². The lowest BCUT2D eigenvalue weighted by Crippen LogP contribution is -2.05. The Morgan fingerprint density at radius 2 is 2.38 bits per heavy atom. The fraction of sp³-hybridized carbons (Fsp3) is 0.667. The van der Waals surface area contributed by atoms with Gasteiger partial charge < -0.3 is 5.11 Å². The van der Waals surface area contributed by atoms with Crippen molar-refractivity contribution in [2.75, 3.05) is 0 Å². The number of rotatable bonds is 1. The molecular formula is C9H13ClN2O. The first-order valence-corrected chi connectivity index (χ1v) is 4.91. The quantitative estimate of drug-likeness (QED) is 0.750. The second-order valence-electron chi connectivity index (χ2n) is 3.67. The van der Waals surface area contributed by atoms with Crippen LogP contribution in [0.5, 0.6) is 0 Å². The van der Waals surface area contributed by atoms with Crippen LogP contribution >= 0.6 is 11.6 Å². The highest BCUT2D eigenvalue weighted by Crippen LogP contribution is 2.37. The molecule has 2 rings (SSSR count). The van der Waals surface area contributed by atoms with Gasteiger partial charge in [-0.2, -0.15) is 5.10 Å². The molecule has 0 aromatic carbocycles. The number of aliphatic hydroxyl groups excluding tert-OH is 1. The highest BCUT2D eigenvalue weighted by Gasteiger charge is 2.27. The van der Waals surface area contributed by atoms with Crippen molar-refractivity contribution >= 4 is 11.6 Å². The molecule has 0 amide bonds. The summed E-state index contributed by atoms with van der Waals surface area (Å²) >= 11 is 6.01. The lowest BCUT2D eigenvalue weighted by Gasteiger charge is -2.10. The van der Waals surface area contributed by atoms with Crippen LogP contribution in [0.3, 0.4) is 0 Å². The van der Waals surface area contributed by atoms with Gasteiger partial charge >= 0.3 is 0 Å². The van der Waals surface area contributed by atoms with E-state index in [1.807, 2.05) is 11.7 Å². The first-order chi connectivity index (χ1) is 6.18. The minimum Gasteiger partial charge on any atom is -0.393 e. The second kappa shape index (κ2) is 3.31. The molecular weight excluding hydrogens is 188 g/mol. The molecule has 2 atom stereocenters. The zero-order chi connectivity index (χ0) is 9.42. The highest BCUT2D eigenvalue weighted by molar-refractivity contribution is 6.31. The van der Waals surface area contributed by atoms with E-state index in [2.05, 4.69) is 5.10 Å². The summed E-state index contributed by atoms with van der Waals surface area (Å²) in [5, 5.41) is 14.2. The maximum atomic E-state index is 9.41. The van der Waals surface area contributed by atoms with Gasteiger partial charge in [0.05, 0.1) is 23.0 Å². The van der Waals surface area contributed by atoms with Crippen molar-refractivity contribution in [2.24, 2.45) is 7.05 Å². The molecule has 1 saturated carbocycles. The summed E-state index contributed by atoms with van der Waals surface area (Å²) in [6.45, 7) is 0. The Hall–Kier alpha value is -0.540. The molecule has 0 saturated heterocycles. The Morgan fingerprint density at radius 3 is 2.85 bits per heavy atom. The summed E-state index contributed by atoms with van der Waals surface area (Å²) in [6.07, 6.45) is 4.23. The van der Waals surface area contributed by atoms with Crippen molar-refractivity contribution in [3.8, 4) is 0 Å². The Labute approximate surface area is 82.3 Å². The molecule has 72 valence electrons. The summed E-state index contributed by atoms with van der Waals surface area (Å²) in [5.74, 6) is 0.384. The van der Waals surface area contributed by atoms with Gasteiger partial charge in [-0.3, -0.25) is 4.68 Å². The topological polar surface area (TPSA) is 38.0 Å². The molecule has 2 unspecified atom stereocenters. The van der Waals surface area contributed by atoms with Crippen LogP contribution < -0.4 is 0 Å². The number of aliphatic hydroxyl groups is 1. The minimum absolute atomic E-state index is 0.157. The normalized spacial score (nSPS) is 28.2. The van der Waals surface area contributed by atoms with E-state index in [0.29, 0.717) is 5.92 Å². The molecule has 0 radical (unpaired) electrons. The Kier molecular flexibility index (Phi) is 2.30. The largest absolute Gasteiger partial charge is 0.393 e. The van der Waals surface area contributed by atoms with Crippen LogP contribution in [0.25, 0.3) is 0 Å². The number of nitrogens with zero attached hydrogens (tertiary/aromatic N) is 2. The van der Waals surface area contributed by atoms with Gasteiger partial charge in [0.1, 0.15) is 0 Å². The summed E-state index contributed by atoms with van der Waals surface area (Å²) in [7, 11) is 1.89. The molecule has 1 N–H and O–H groups in total. The van der Waals surface area contributed by atoms with E-state index in [1.165, 1.54) is 0 Å². The van der Waals surface area contributed by atoms with E-state index in [-0.39, 0.29) is 6.10 Å². The van der Waals surface area contributed by atoms with Gasteiger partial charge in [0.15, 0.2) is 0 Å². The van der Waals surface area contributed by atoms with Crippen LogP contribution in [0.2, 0.25) is 5.02 Å². The molecule has 4 heteroatoms. The first kappa shape index (κ1) is 9.03. The summed E-state index contributed by atoms with van der Waals surface area (Å²) in [6, 6.07) is 0. The van der Waals surface area contributed by atoms with Crippen molar-refractivity contribution < 1.29 is 5.11 Å². The van der Waals surface area contributed by atoms with Crippen LogP contribution in [0.15, 0.2) is 6.20 Å². The van der Waals surface area contributed by atoms with E-state index in [1.54, 1.807) is 6.20 Å². The number of hydrogen-bond acceptors (Lipinski definition) is 2. The van der Waals surface area contributed by atoms with E-state index >= 15 is 0 Å². The second-order valence-corrected chi connectivity index (χ2v) is 4.07. The van der Waals surface area contributed by atoms with E-state index in [0.717, 1.165) is 30.0 Å². The van der Waals surface area contributed by atoms with Gasteiger partial charge in [-0.1, -0.05) is 11.6 Å². The van der Waals surface area contributed by atoms with Crippen LogP contribution in [-0.2, 0) is 7.05 Å². The summed E-state index contributed by atoms with van der Waals surface area (Å²) in [5.41, 5.74) is 1.07. The maximum absolute atomic E-state index is 9.41. The standard InChI is InChI=1S/C9H13ClN2O/c1-12-9(8(10)5-11-12)6-2-3-7(13)4-6/h5-7,13H,2-4H2,1H3. The SMILES string of the molecule is Cn1ncc(Cl)c1C1CCC(O)C1. The van der Waals surface area contributed by atoms with Crippen molar-refractivity contribution in [3.05, 3.63) is 16.9 Å². The third-order valence-electron chi connectivity index (χ3n) is 2.73. The summed E-state index contributed by atoms with van der Waals surface area (Å²) in [4.78, 5) is 0. The minimum atomic E-state index is -0.157. The Morgan fingerprint density at radius 1 is 1.62 bits per heavy atom. The van der Waals surface area contributed by atoms with Crippen molar-refractivity contribution in [1.29, 1.82) is 0 Å². The third kappa shape index (κ3) is 1.58. The number of halogens is 1. The Balaban J connectivity index is 2.25. The molecule has 1 heterocycles. The lowest BCUT2D eigenvalue weighted by molar-refractivity contribution is 0.181. The van der Waals surface area contributed by atoms with Crippen molar-refractivity contribution in [3.63, 3.8) is 0 Å². The smallest absolute Gasteiger partial charge is 0.0820 e. The van der Waals surface area contributed by atoms with E-state index in [9.17, 15) is 5.11 Å². The van der Waals surface area contributed by atoms with Gasteiger partial charge in [0, 0.05) is 13.0 Å². The fourth-order valence-corrected chi connectivity index (χ4v) is 2.41. The Bertz CT molecular complexity index is 291. The van der Waals surface area contributed by atoms with Crippen molar-refractivity contribution in [1.82, 2.24) is 9.78 Å². The zero-order valence-electron chi connectivity index (χ0n) is 7.57. The monoisotopic (exact) mass is 200 g/mol. The zero-order valence-corrected chi connectivity index (χ0v) is 8.33. The number of aromatic nitrogens is 2. The van der Waals surface area contributed by atoms with Crippen LogP contribution in [0.4, 0.5) is 0 Å². The first-order valence-electron chi connectivity index (χ1n) is 4.54. The average Bonchev–Trinajstić information content (AvgIpc) is 2.60. The molecule has 1 aromatic rings. The van der Waals surface area contributed by atoms with E-state index in [4.69, 9.17) is 11.6 Å². The predicted octanol–water partition coefficient (Wildman–Crippen LogP) is 1.70. The van der Waals surface area contributed by atoms with Gasteiger partial charge in [-0.15, -0.1) is 0 Å². The van der Waals surface area contributed by atoms with Crippen LogP contribution in [-0.4, -0.2) is 21.0 Å². The molecule has 0 bridgehead atoms. The molecule has 3 nitrogen and oxygen atoms in total. The molecule has 1 aromatic heterocycles. The van der Waals surface area contributed by atoms with Gasteiger partial charge in [-0.05, 0) is 19.3 Å². The average molecular weight is 201 g/mol. The van der Waals surface area contributed by atoms with Crippen LogP contribution in [0.1, 0.15) is 30.9 Å². The van der Waals surface area contributed by atoms with Gasteiger partial charge in [0.2, 0.25) is 0 Å².